The molecule has 7 nitrogen and oxygen atoms in total. The molecule has 1 N–H and O–H groups in total. The Kier molecular flexibility index (Phi) is 4.10. The number of ether oxygens (including phenoxy) is 2. The third-order valence-electron chi connectivity index (χ3n) is 3.02. The number of rotatable bonds is 5. The minimum atomic E-state index is -1.32. The third-order valence-corrected chi connectivity index (χ3v) is 3.50. The van der Waals surface area contributed by atoms with E-state index in [1.165, 1.54) is 6.92 Å². The molecule has 0 spiro atoms. The van der Waals surface area contributed by atoms with Crippen LogP contribution in [0.25, 0.3) is 0 Å². The van der Waals surface area contributed by atoms with Gasteiger partial charge in [-0.05, 0) is 6.92 Å². The molecular weight excluding hydrogens is 290 g/mol. The Balaban J connectivity index is 2.39. The fourth-order valence-electron chi connectivity index (χ4n) is 1.81. The van der Waals surface area contributed by atoms with Gasteiger partial charge in [-0.15, -0.1) is 0 Å². The van der Waals surface area contributed by atoms with Crippen LogP contribution in [-0.4, -0.2) is 35.8 Å². The fraction of sp³-hybridized carbons (Fsp3) is 0.417. The summed E-state index contributed by atoms with van der Waals surface area (Å²) in [6, 6.07) is 0.921. The second-order valence-electron chi connectivity index (χ2n) is 4.49. The number of carboxylic acid groups (broad SMARTS) is 1. The zero-order valence-electron chi connectivity index (χ0n) is 10.6. The van der Waals surface area contributed by atoms with Crippen molar-refractivity contribution >= 4 is 23.3 Å². The first kappa shape index (κ1) is 14.5. The predicted octanol–water partition coefficient (Wildman–Crippen LogP) is 2.28. The van der Waals surface area contributed by atoms with Gasteiger partial charge >= 0.3 is 11.7 Å². The van der Waals surface area contributed by atoms with E-state index < -0.39 is 16.6 Å². The van der Waals surface area contributed by atoms with E-state index in [1.807, 2.05) is 0 Å². The molecule has 0 atom stereocenters. The molecule has 0 saturated carbocycles. The van der Waals surface area contributed by atoms with Gasteiger partial charge in [-0.25, -0.2) is 4.79 Å². The molecular formula is C12H12ClNO6. The molecule has 8 heteroatoms. The molecule has 0 amide bonds. The molecule has 1 aromatic carbocycles. The summed E-state index contributed by atoms with van der Waals surface area (Å²) in [7, 11) is 0. The Morgan fingerprint density at radius 3 is 2.75 bits per heavy atom. The van der Waals surface area contributed by atoms with E-state index in [2.05, 4.69) is 0 Å². The van der Waals surface area contributed by atoms with Gasteiger partial charge in [0.15, 0.2) is 0 Å². The van der Waals surface area contributed by atoms with E-state index in [-0.39, 0.29) is 34.4 Å². The standard InChI is InChI=1S/C12H12ClNO6/c1-6-10(13)8(12(15)16)2-9(14(17)18)11(6)20-5-7-3-19-4-7/h2,7H,3-5H2,1H3,(H,15,16). The summed E-state index contributed by atoms with van der Waals surface area (Å²) in [6.45, 7) is 2.86. The Morgan fingerprint density at radius 2 is 2.30 bits per heavy atom. The topological polar surface area (TPSA) is 98.9 Å². The van der Waals surface area contributed by atoms with E-state index in [0.717, 1.165) is 6.07 Å². The molecule has 2 rings (SSSR count). The quantitative estimate of drug-likeness (QED) is 0.661. The number of hydrogen-bond donors (Lipinski definition) is 1. The number of carboxylic acids is 1. The van der Waals surface area contributed by atoms with E-state index in [1.54, 1.807) is 0 Å². The van der Waals surface area contributed by atoms with Gasteiger partial charge in [-0.3, -0.25) is 10.1 Å². The number of aromatic carboxylic acids is 1. The van der Waals surface area contributed by atoms with Crippen molar-refractivity contribution < 1.29 is 24.3 Å². The number of nitrogens with zero attached hydrogens (tertiary/aromatic N) is 1. The highest BCUT2D eigenvalue weighted by molar-refractivity contribution is 6.34. The Morgan fingerprint density at radius 1 is 1.65 bits per heavy atom. The lowest BCUT2D eigenvalue weighted by Crippen LogP contribution is -2.32. The maximum Gasteiger partial charge on any atom is 0.337 e. The summed E-state index contributed by atoms with van der Waals surface area (Å²) in [5.41, 5.74) is -0.460. The fourth-order valence-corrected chi connectivity index (χ4v) is 2.04. The molecule has 0 bridgehead atoms. The summed E-state index contributed by atoms with van der Waals surface area (Å²) >= 11 is 5.93. The third kappa shape index (κ3) is 2.68. The van der Waals surface area contributed by atoms with Crippen LogP contribution >= 0.6 is 11.6 Å². The molecule has 1 fully saturated rings. The van der Waals surface area contributed by atoms with Crippen LogP contribution in [0.1, 0.15) is 15.9 Å². The molecule has 1 aliphatic rings. The van der Waals surface area contributed by atoms with Crippen molar-refractivity contribution in [2.75, 3.05) is 19.8 Å². The van der Waals surface area contributed by atoms with Crippen LogP contribution in [0.2, 0.25) is 5.02 Å². The Bertz CT molecular complexity index is 570. The van der Waals surface area contributed by atoms with Crippen molar-refractivity contribution in [1.29, 1.82) is 0 Å². The molecule has 1 saturated heterocycles. The summed E-state index contributed by atoms with van der Waals surface area (Å²) in [6.07, 6.45) is 0. The summed E-state index contributed by atoms with van der Waals surface area (Å²) in [5, 5.41) is 20.0. The Labute approximate surface area is 119 Å². The maximum atomic E-state index is 11.1. The maximum absolute atomic E-state index is 11.1. The van der Waals surface area contributed by atoms with Crippen LogP contribution in [0.4, 0.5) is 5.69 Å². The molecule has 20 heavy (non-hydrogen) atoms. The van der Waals surface area contributed by atoms with Crippen LogP contribution in [-0.2, 0) is 4.74 Å². The first-order chi connectivity index (χ1) is 9.41. The zero-order valence-corrected chi connectivity index (χ0v) is 11.3. The molecule has 108 valence electrons. The average Bonchev–Trinajstić information content (AvgIpc) is 2.31. The van der Waals surface area contributed by atoms with Gasteiger partial charge in [0.05, 0.1) is 35.3 Å². The first-order valence-electron chi connectivity index (χ1n) is 5.83. The Hall–Kier alpha value is -1.86. The highest BCUT2D eigenvalue weighted by atomic mass is 35.5. The van der Waals surface area contributed by atoms with Crippen molar-refractivity contribution in [3.8, 4) is 5.75 Å². The lowest BCUT2D eigenvalue weighted by molar-refractivity contribution is -0.386. The number of hydrogen-bond acceptors (Lipinski definition) is 5. The SMILES string of the molecule is Cc1c(Cl)c(C(=O)O)cc([N+](=O)[O-])c1OCC1COC1. The van der Waals surface area contributed by atoms with E-state index >= 15 is 0 Å². The van der Waals surface area contributed by atoms with E-state index in [9.17, 15) is 14.9 Å². The second-order valence-corrected chi connectivity index (χ2v) is 4.87. The zero-order chi connectivity index (χ0) is 14.9. The number of benzene rings is 1. The van der Waals surface area contributed by atoms with Gasteiger partial charge in [0.2, 0.25) is 5.75 Å². The van der Waals surface area contributed by atoms with E-state index in [0.29, 0.717) is 13.2 Å². The van der Waals surface area contributed by atoms with Gasteiger partial charge in [-0.2, -0.15) is 0 Å². The van der Waals surface area contributed by atoms with Crippen LogP contribution in [0.5, 0.6) is 5.75 Å². The monoisotopic (exact) mass is 301 g/mol. The lowest BCUT2D eigenvalue weighted by Gasteiger charge is -2.26. The van der Waals surface area contributed by atoms with E-state index in [4.69, 9.17) is 26.2 Å². The number of carbonyl (C=O) groups is 1. The van der Waals surface area contributed by atoms with Crippen molar-refractivity contribution in [3.05, 3.63) is 32.3 Å². The van der Waals surface area contributed by atoms with Crippen molar-refractivity contribution in [1.82, 2.24) is 0 Å². The van der Waals surface area contributed by atoms with Gasteiger partial charge in [0, 0.05) is 17.5 Å². The van der Waals surface area contributed by atoms with Gasteiger partial charge in [-0.1, -0.05) is 11.6 Å². The smallest absolute Gasteiger partial charge is 0.337 e. The van der Waals surface area contributed by atoms with Crippen LogP contribution in [0.15, 0.2) is 6.07 Å². The van der Waals surface area contributed by atoms with Crippen LogP contribution in [0, 0.1) is 23.0 Å². The number of halogens is 1. The normalized spacial score (nSPS) is 14.7. The average molecular weight is 302 g/mol. The van der Waals surface area contributed by atoms with Crippen molar-refractivity contribution in [2.24, 2.45) is 5.92 Å². The highest BCUT2D eigenvalue weighted by Crippen LogP contribution is 2.38. The second kappa shape index (κ2) is 5.64. The van der Waals surface area contributed by atoms with Crippen molar-refractivity contribution in [3.63, 3.8) is 0 Å². The summed E-state index contributed by atoms with van der Waals surface area (Å²) < 4.78 is 10.4. The molecule has 0 aliphatic carbocycles. The van der Waals surface area contributed by atoms with Gasteiger partial charge in [0.25, 0.3) is 0 Å². The molecule has 1 heterocycles. The van der Waals surface area contributed by atoms with Gasteiger partial charge in [0.1, 0.15) is 0 Å². The number of nitro groups is 1. The first-order valence-corrected chi connectivity index (χ1v) is 6.21. The van der Waals surface area contributed by atoms with Crippen LogP contribution < -0.4 is 4.74 Å². The molecule has 1 aliphatic heterocycles. The lowest BCUT2D eigenvalue weighted by atomic mass is 10.1. The molecule has 0 unspecified atom stereocenters. The highest BCUT2D eigenvalue weighted by Gasteiger charge is 2.27. The number of nitro benzene ring substituents is 1. The van der Waals surface area contributed by atoms with Crippen molar-refractivity contribution in [2.45, 2.75) is 6.92 Å². The summed E-state index contributed by atoms with van der Waals surface area (Å²) in [4.78, 5) is 21.4. The molecule has 1 aromatic rings. The minimum Gasteiger partial charge on any atom is -0.486 e. The predicted molar refractivity (Wildman–Crippen MR) is 69.6 cm³/mol. The molecule has 0 radical (unpaired) electrons. The molecule has 0 aromatic heterocycles. The minimum absolute atomic E-state index is 0.0110. The van der Waals surface area contributed by atoms with Gasteiger partial charge < -0.3 is 14.6 Å². The summed E-state index contributed by atoms with van der Waals surface area (Å²) in [5.74, 6) is -1.12. The van der Waals surface area contributed by atoms with Crippen LogP contribution in [0.3, 0.4) is 0 Å². The largest absolute Gasteiger partial charge is 0.486 e.